The molecule has 0 aliphatic heterocycles. The standard InChI is InChI=1S/C19H22N6O2S2/c1-20-18-24-22-16(28-18)9-5-6-10-17-23-25-19(29-17)21-15(27)12-11-14(26)13-7-3-2-4-8-13/h2-4,7-8H,5-6,9-12H2,1H3,(H,20,24)(H,21,25,27). The number of unbranched alkanes of at least 4 members (excludes halogenated alkanes) is 1. The molecule has 0 saturated carbocycles. The second kappa shape index (κ2) is 10.7. The van der Waals surface area contributed by atoms with Crippen LogP contribution in [0, 0.1) is 0 Å². The topological polar surface area (TPSA) is 110 Å². The van der Waals surface area contributed by atoms with Gasteiger partial charge >= 0.3 is 0 Å². The number of nitrogens with zero attached hydrogens (tertiary/aromatic N) is 4. The summed E-state index contributed by atoms with van der Waals surface area (Å²) >= 11 is 2.94. The monoisotopic (exact) mass is 430 g/mol. The molecule has 0 radical (unpaired) electrons. The lowest BCUT2D eigenvalue weighted by Crippen LogP contribution is -2.13. The highest BCUT2D eigenvalue weighted by molar-refractivity contribution is 7.15. The molecule has 0 spiro atoms. The molecule has 2 aromatic heterocycles. The zero-order valence-electron chi connectivity index (χ0n) is 16.1. The number of amides is 1. The fraction of sp³-hybridized carbons (Fsp3) is 0.368. The number of aromatic nitrogens is 4. The van der Waals surface area contributed by atoms with Gasteiger partial charge in [-0.1, -0.05) is 53.0 Å². The van der Waals surface area contributed by atoms with Gasteiger partial charge in [0.1, 0.15) is 10.0 Å². The fourth-order valence-corrected chi connectivity index (χ4v) is 4.12. The van der Waals surface area contributed by atoms with E-state index in [1.165, 1.54) is 11.3 Å². The van der Waals surface area contributed by atoms with E-state index in [0.29, 0.717) is 10.7 Å². The fourth-order valence-electron chi connectivity index (χ4n) is 2.59. The van der Waals surface area contributed by atoms with Crippen molar-refractivity contribution < 1.29 is 9.59 Å². The molecule has 10 heteroatoms. The number of aryl methyl sites for hydroxylation is 2. The molecule has 0 fully saturated rings. The second-order valence-corrected chi connectivity index (χ2v) is 8.42. The smallest absolute Gasteiger partial charge is 0.226 e. The summed E-state index contributed by atoms with van der Waals surface area (Å²) < 4.78 is 0. The maximum absolute atomic E-state index is 12.1. The molecule has 0 aliphatic rings. The first-order chi connectivity index (χ1) is 14.1. The summed E-state index contributed by atoms with van der Waals surface area (Å²) in [4.78, 5) is 24.1. The number of anilines is 2. The molecular formula is C19H22N6O2S2. The van der Waals surface area contributed by atoms with Crippen molar-refractivity contribution >= 4 is 44.6 Å². The molecule has 29 heavy (non-hydrogen) atoms. The maximum atomic E-state index is 12.1. The third-order valence-electron chi connectivity index (χ3n) is 4.10. The quantitative estimate of drug-likeness (QED) is 0.353. The van der Waals surface area contributed by atoms with Gasteiger partial charge in [-0.3, -0.25) is 9.59 Å². The molecule has 1 amide bonds. The van der Waals surface area contributed by atoms with Crippen molar-refractivity contribution in [3.63, 3.8) is 0 Å². The number of hydrogen-bond acceptors (Lipinski definition) is 9. The van der Waals surface area contributed by atoms with Gasteiger partial charge in [0.2, 0.25) is 16.2 Å². The Labute approximate surface area is 176 Å². The molecule has 0 saturated heterocycles. The molecule has 2 heterocycles. The van der Waals surface area contributed by atoms with E-state index in [-0.39, 0.29) is 24.5 Å². The Morgan fingerprint density at radius 1 is 0.862 bits per heavy atom. The maximum Gasteiger partial charge on any atom is 0.226 e. The van der Waals surface area contributed by atoms with Gasteiger partial charge in [0.05, 0.1) is 0 Å². The Balaban J connectivity index is 1.35. The van der Waals surface area contributed by atoms with Crippen LogP contribution in [0.4, 0.5) is 10.3 Å². The lowest BCUT2D eigenvalue weighted by Gasteiger charge is -2.01. The lowest BCUT2D eigenvalue weighted by atomic mass is 10.1. The number of rotatable bonds is 11. The highest BCUT2D eigenvalue weighted by Crippen LogP contribution is 2.20. The van der Waals surface area contributed by atoms with E-state index in [2.05, 4.69) is 31.0 Å². The zero-order valence-corrected chi connectivity index (χ0v) is 17.7. The zero-order chi connectivity index (χ0) is 20.5. The van der Waals surface area contributed by atoms with E-state index < -0.39 is 0 Å². The summed E-state index contributed by atoms with van der Waals surface area (Å²) in [5, 5.41) is 25.2. The van der Waals surface area contributed by atoms with E-state index in [0.717, 1.165) is 40.8 Å². The average molecular weight is 431 g/mol. The Bertz CT molecular complexity index is 941. The predicted octanol–water partition coefficient (Wildman–Crippen LogP) is 3.60. The first kappa shape index (κ1) is 21.0. The average Bonchev–Trinajstić information content (AvgIpc) is 3.39. The molecule has 1 aromatic carbocycles. The molecule has 0 unspecified atom stereocenters. The second-order valence-electron chi connectivity index (χ2n) is 6.30. The minimum Gasteiger partial charge on any atom is -0.363 e. The third kappa shape index (κ3) is 6.68. The minimum absolute atomic E-state index is 0.0454. The first-order valence-electron chi connectivity index (χ1n) is 9.34. The molecule has 2 N–H and O–H groups in total. The minimum atomic E-state index is -0.228. The molecule has 8 nitrogen and oxygen atoms in total. The Hall–Kier alpha value is -2.72. The number of Topliss-reactive ketones (excluding diaryl/α,β-unsaturated/α-hetero) is 1. The Morgan fingerprint density at radius 2 is 1.48 bits per heavy atom. The van der Waals surface area contributed by atoms with Crippen molar-refractivity contribution in [1.82, 2.24) is 20.4 Å². The summed E-state index contributed by atoms with van der Waals surface area (Å²) in [7, 11) is 1.83. The van der Waals surface area contributed by atoms with Gasteiger partial charge in [-0.2, -0.15) is 0 Å². The van der Waals surface area contributed by atoms with Gasteiger partial charge in [0.15, 0.2) is 5.78 Å². The van der Waals surface area contributed by atoms with Crippen LogP contribution in [-0.2, 0) is 17.6 Å². The van der Waals surface area contributed by atoms with Gasteiger partial charge in [0.25, 0.3) is 0 Å². The van der Waals surface area contributed by atoms with Crippen molar-refractivity contribution in [3.05, 3.63) is 45.9 Å². The predicted molar refractivity (Wildman–Crippen MR) is 115 cm³/mol. The summed E-state index contributed by atoms with van der Waals surface area (Å²) in [6.07, 6.45) is 3.93. The molecule has 0 atom stereocenters. The molecule has 0 bridgehead atoms. The van der Waals surface area contributed by atoms with Crippen molar-refractivity contribution in [2.75, 3.05) is 17.7 Å². The lowest BCUT2D eigenvalue weighted by molar-refractivity contribution is -0.116. The Morgan fingerprint density at radius 3 is 2.10 bits per heavy atom. The normalized spacial score (nSPS) is 10.7. The van der Waals surface area contributed by atoms with Crippen LogP contribution in [0.5, 0.6) is 0 Å². The Kier molecular flexibility index (Phi) is 7.77. The van der Waals surface area contributed by atoms with Crippen LogP contribution in [0.25, 0.3) is 0 Å². The van der Waals surface area contributed by atoms with E-state index in [1.54, 1.807) is 23.5 Å². The number of ketones is 1. The molecule has 3 rings (SSSR count). The van der Waals surface area contributed by atoms with Crippen molar-refractivity contribution in [2.24, 2.45) is 0 Å². The van der Waals surface area contributed by atoms with Gasteiger partial charge < -0.3 is 10.6 Å². The number of hydrogen-bond donors (Lipinski definition) is 2. The van der Waals surface area contributed by atoms with Crippen LogP contribution in [0.2, 0.25) is 0 Å². The van der Waals surface area contributed by atoms with Crippen LogP contribution in [-0.4, -0.2) is 39.1 Å². The third-order valence-corrected chi connectivity index (χ3v) is 6.00. The number of carbonyl (C=O) groups is 2. The molecular weight excluding hydrogens is 408 g/mol. The SMILES string of the molecule is CNc1nnc(CCCCc2nnc(NC(=O)CCC(=O)c3ccccc3)s2)s1. The van der Waals surface area contributed by atoms with Crippen molar-refractivity contribution in [2.45, 2.75) is 38.5 Å². The van der Waals surface area contributed by atoms with Gasteiger partial charge in [0, 0.05) is 38.3 Å². The van der Waals surface area contributed by atoms with E-state index in [4.69, 9.17) is 0 Å². The van der Waals surface area contributed by atoms with Crippen LogP contribution in [0.1, 0.15) is 46.1 Å². The van der Waals surface area contributed by atoms with Crippen molar-refractivity contribution in [3.8, 4) is 0 Å². The van der Waals surface area contributed by atoms with Gasteiger partial charge in [-0.05, 0) is 12.8 Å². The first-order valence-corrected chi connectivity index (χ1v) is 11.0. The molecule has 0 aliphatic carbocycles. The summed E-state index contributed by atoms with van der Waals surface area (Å²) in [5.41, 5.74) is 0.620. The number of carbonyl (C=O) groups excluding carboxylic acids is 2. The van der Waals surface area contributed by atoms with Gasteiger partial charge in [-0.25, -0.2) is 0 Å². The summed E-state index contributed by atoms with van der Waals surface area (Å²) in [6.45, 7) is 0. The number of nitrogens with one attached hydrogen (secondary N) is 2. The molecule has 3 aromatic rings. The largest absolute Gasteiger partial charge is 0.363 e. The van der Waals surface area contributed by atoms with E-state index in [9.17, 15) is 9.59 Å². The molecule has 152 valence electrons. The van der Waals surface area contributed by atoms with Crippen LogP contribution >= 0.6 is 22.7 Å². The summed E-state index contributed by atoms with van der Waals surface area (Å²) in [6, 6.07) is 8.98. The number of benzene rings is 1. The summed E-state index contributed by atoms with van der Waals surface area (Å²) in [5.74, 6) is -0.274. The van der Waals surface area contributed by atoms with Crippen LogP contribution in [0.3, 0.4) is 0 Å². The van der Waals surface area contributed by atoms with E-state index >= 15 is 0 Å². The van der Waals surface area contributed by atoms with E-state index in [1.807, 2.05) is 25.2 Å². The van der Waals surface area contributed by atoms with Gasteiger partial charge in [-0.15, -0.1) is 20.4 Å². The highest BCUT2D eigenvalue weighted by atomic mass is 32.1. The van der Waals surface area contributed by atoms with Crippen LogP contribution in [0.15, 0.2) is 30.3 Å². The van der Waals surface area contributed by atoms with Crippen molar-refractivity contribution in [1.29, 1.82) is 0 Å². The van der Waals surface area contributed by atoms with Crippen LogP contribution < -0.4 is 10.6 Å². The highest BCUT2D eigenvalue weighted by Gasteiger charge is 2.12.